The number of carbonyl (C=O) groups excluding carboxylic acids is 1. The van der Waals surface area contributed by atoms with E-state index in [9.17, 15) is 4.79 Å². The lowest BCUT2D eigenvalue weighted by molar-refractivity contribution is -0.120. The SMILES string of the molecule is C=CC(=O)C([CH2+])(C)C. The highest BCUT2D eigenvalue weighted by molar-refractivity contribution is 5.94. The molecule has 1 heteroatoms. The van der Waals surface area contributed by atoms with Crippen molar-refractivity contribution in [1.29, 1.82) is 0 Å². The topological polar surface area (TPSA) is 17.1 Å². The highest BCUT2D eigenvalue weighted by Crippen LogP contribution is 2.13. The Hall–Kier alpha value is -0.720. The average Bonchev–Trinajstić information content (AvgIpc) is 1.62. The van der Waals surface area contributed by atoms with E-state index in [2.05, 4.69) is 13.5 Å². The van der Waals surface area contributed by atoms with Crippen LogP contribution >= 0.6 is 0 Å². The third kappa shape index (κ3) is 1.82. The lowest BCUT2D eigenvalue weighted by Gasteiger charge is -2.03. The van der Waals surface area contributed by atoms with Crippen LogP contribution in [0.5, 0.6) is 0 Å². The first-order valence-electron chi connectivity index (χ1n) is 2.50. The van der Waals surface area contributed by atoms with Gasteiger partial charge in [0.25, 0.3) is 0 Å². The van der Waals surface area contributed by atoms with Gasteiger partial charge in [-0.05, 0) is 19.9 Å². The third-order valence-electron chi connectivity index (χ3n) is 0.852. The molecule has 0 bridgehead atoms. The van der Waals surface area contributed by atoms with Gasteiger partial charge in [-0.2, -0.15) is 0 Å². The normalized spacial score (nSPS) is 10.8. The van der Waals surface area contributed by atoms with Crippen molar-refractivity contribution in [2.24, 2.45) is 5.41 Å². The van der Waals surface area contributed by atoms with Gasteiger partial charge >= 0.3 is 0 Å². The second kappa shape index (κ2) is 2.03. The van der Waals surface area contributed by atoms with Crippen LogP contribution in [0.2, 0.25) is 0 Å². The molecular weight excluding hydrogens is 100 g/mol. The summed E-state index contributed by atoms with van der Waals surface area (Å²) in [6, 6.07) is 0. The minimum atomic E-state index is -0.498. The average molecular weight is 111 g/mol. The molecule has 0 N–H and O–H groups in total. The molecule has 0 saturated carbocycles. The molecule has 0 radical (unpaired) electrons. The van der Waals surface area contributed by atoms with E-state index in [1.54, 1.807) is 13.8 Å². The van der Waals surface area contributed by atoms with Crippen LogP contribution in [-0.4, -0.2) is 5.78 Å². The van der Waals surface area contributed by atoms with Gasteiger partial charge in [-0.3, -0.25) is 4.79 Å². The summed E-state index contributed by atoms with van der Waals surface area (Å²) in [4.78, 5) is 10.7. The first-order valence-corrected chi connectivity index (χ1v) is 2.50. The molecule has 0 saturated heterocycles. The fourth-order valence-corrected chi connectivity index (χ4v) is 0.276. The molecular formula is C7H11O+. The zero-order valence-electron chi connectivity index (χ0n) is 5.40. The molecule has 1 nitrogen and oxygen atoms in total. The second-order valence-corrected chi connectivity index (χ2v) is 2.45. The van der Waals surface area contributed by atoms with Crippen LogP contribution < -0.4 is 0 Å². The van der Waals surface area contributed by atoms with Crippen LogP contribution in [-0.2, 0) is 4.79 Å². The monoisotopic (exact) mass is 111 g/mol. The maximum absolute atomic E-state index is 10.7. The molecule has 0 rings (SSSR count). The fourth-order valence-electron chi connectivity index (χ4n) is 0.276. The predicted molar refractivity (Wildman–Crippen MR) is 34.3 cm³/mol. The Balaban J connectivity index is 4.02. The van der Waals surface area contributed by atoms with Crippen molar-refractivity contribution in [1.82, 2.24) is 0 Å². The van der Waals surface area contributed by atoms with Crippen molar-refractivity contribution in [3.63, 3.8) is 0 Å². The van der Waals surface area contributed by atoms with Gasteiger partial charge < -0.3 is 0 Å². The van der Waals surface area contributed by atoms with Crippen LogP contribution in [0.1, 0.15) is 13.8 Å². The van der Waals surface area contributed by atoms with Gasteiger partial charge in [0.2, 0.25) is 5.78 Å². The molecule has 0 heterocycles. The number of hydrogen-bond acceptors (Lipinski definition) is 1. The van der Waals surface area contributed by atoms with Gasteiger partial charge in [0.15, 0.2) is 5.41 Å². The number of rotatable bonds is 2. The molecule has 0 unspecified atom stereocenters. The van der Waals surface area contributed by atoms with E-state index in [-0.39, 0.29) is 5.78 Å². The standard InChI is InChI=1S/C7H11O/c1-5-6(8)7(2,3)4/h5H,1-2H2,3-4H3/q+1. The Morgan fingerprint density at radius 3 is 2.12 bits per heavy atom. The molecule has 0 aromatic heterocycles. The highest BCUT2D eigenvalue weighted by atomic mass is 16.1. The van der Waals surface area contributed by atoms with Gasteiger partial charge in [0, 0.05) is 0 Å². The Labute approximate surface area is 50.4 Å². The molecule has 0 atom stereocenters. The quantitative estimate of drug-likeness (QED) is 0.390. The number of carbonyl (C=O) groups is 1. The summed E-state index contributed by atoms with van der Waals surface area (Å²) in [7, 11) is 0. The van der Waals surface area contributed by atoms with Gasteiger partial charge in [-0.1, -0.05) is 6.58 Å². The van der Waals surface area contributed by atoms with Crippen molar-refractivity contribution < 1.29 is 4.79 Å². The molecule has 0 aliphatic heterocycles. The molecule has 0 aromatic carbocycles. The van der Waals surface area contributed by atoms with Crippen LogP contribution in [0.25, 0.3) is 0 Å². The minimum Gasteiger partial charge on any atom is -0.289 e. The van der Waals surface area contributed by atoms with E-state index in [0.29, 0.717) is 0 Å². The summed E-state index contributed by atoms with van der Waals surface area (Å²) in [5.41, 5.74) is -0.498. The lowest BCUT2D eigenvalue weighted by atomic mass is 9.91. The Bertz CT molecular complexity index is 106. The minimum absolute atomic E-state index is 0.0162. The third-order valence-corrected chi connectivity index (χ3v) is 0.852. The van der Waals surface area contributed by atoms with Crippen LogP contribution in [0.4, 0.5) is 0 Å². The Morgan fingerprint density at radius 2 is 2.12 bits per heavy atom. The molecule has 0 fully saturated rings. The first-order chi connectivity index (χ1) is 3.48. The summed E-state index contributed by atoms with van der Waals surface area (Å²) in [5.74, 6) is -0.0162. The van der Waals surface area contributed by atoms with E-state index in [1.807, 2.05) is 0 Å². The van der Waals surface area contributed by atoms with E-state index in [4.69, 9.17) is 0 Å². The van der Waals surface area contributed by atoms with Crippen molar-refractivity contribution in [2.45, 2.75) is 13.8 Å². The first kappa shape index (κ1) is 7.28. The lowest BCUT2D eigenvalue weighted by Crippen LogP contribution is -2.17. The number of hydrogen-bond donors (Lipinski definition) is 0. The smallest absolute Gasteiger partial charge is 0.204 e. The maximum Gasteiger partial charge on any atom is 0.204 e. The van der Waals surface area contributed by atoms with Crippen LogP contribution in [0, 0.1) is 12.3 Å². The number of ketones is 1. The zero-order valence-corrected chi connectivity index (χ0v) is 5.40. The van der Waals surface area contributed by atoms with E-state index >= 15 is 0 Å². The van der Waals surface area contributed by atoms with Crippen LogP contribution in [0.15, 0.2) is 12.7 Å². The van der Waals surface area contributed by atoms with Crippen molar-refractivity contribution >= 4 is 5.78 Å². The fraction of sp³-hybridized carbons (Fsp3) is 0.429. The van der Waals surface area contributed by atoms with Gasteiger partial charge in [0.1, 0.15) is 0 Å². The highest BCUT2D eigenvalue weighted by Gasteiger charge is 2.25. The summed E-state index contributed by atoms with van der Waals surface area (Å²) < 4.78 is 0. The molecule has 44 valence electrons. The second-order valence-electron chi connectivity index (χ2n) is 2.45. The Morgan fingerprint density at radius 1 is 1.75 bits per heavy atom. The number of allylic oxidation sites excluding steroid dienone is 1. The molecule has 0 aliphatic rings. The molecule has 0 aromatic rings. The summed E-state index contributed by atoms with van der Waals surface area (Å²) in [6.07, 6.45) is 1.30. The Kier molecular flexibility index (Phi) is 1.85. The van der Waals surface area contributed by atoms with E-state index in [0.717, 1.165) is 0 Å². The maximum atomic E-state index is 10.7. The van der Waals surface area contributed by atoms with Gasteiger partial charge in [0.05, 0.1) is 6.92 Å². The van der Waals surface area contributed by atoms with E-state index in [1.165, 1.54) is 6.08 Å². The predicted octanol–water partition coefficient (Wildman–Crippen LogP) is 1.60. The van der Waals surface area contributed by atoms with Crippen LogP contribution in [0.3, 0.4) is 0 Å². The molecule has 0 amide bonds. The largest absolute Gasteiger partial charge is 0.289 e. The van der Waals surface area contributed by atoms with Crippen molar-refractivity contribution in [3.8, 4) is 0 Å². The molecule has 0 aliphatic carbocycles. The van der Waals surface area contributed by atoms with Gasteiger partial charge in [-0.15, -0.1) is 0 Å². The van der Waals surface area contributed by atoms with Gasteiger partial charge in [-0.25, -0.2) is 0 Å². The summed E-state index contributed by atoms with van der Waals surface area (Å²) in [5, 5.41) is 0. The summed E-state index contributed by atoms with van der Waals surface area (Å²) in [6.45, 7) is 10.5. The van der Waals surface area contributed by atoms with Crippen molar-refractivity contribution in [3.05, 3.63) is 19.6 Å². The molecule has 0 spiro atoms. The van der Waals surface area contributed by atoms with Crippen molar-refractivity contribution in [2.75, 3.05) is 0 Å². The summed E-state index contributed by atoms with van der Waals surface area (Å²) >= 11 is 0. The molecule has 8 heavy (non-hydrogen) atoms. The zero-order chi connectivity index (χ0) is 6.78. The van der Waals surface area contributed by atoms with E-state index < -0.39 is 5.41 Å².